The van der Waals surface area contributed by atoms with Crippen LogP contribution in [0.15, 0.2) is 24.3 Å². The Morgan fingerprint density at radius 1 is 1.24 bits per heavy atom. The Hall–Kier alpha value is -1.11. The summed E-state index contributed by atoms with van der Waals surface area (Å²) in [5, 5.41) is 0. The summed E-state index contributed by atoms with van der Waals surface area (Å²) in [5.74, 6) is 0.824. The molecule has 1 fully saturated rings. The molecular weight excluding hydrogens is 208 g/mol. The van der Waals surface area contributed by atoms with E-state index in [0.29, 0.717) is 11.3 Å². The number of rotatable bonds is 2. The zero-order chi connectivity index (χ0) is 12.5. The van der Waals surface area contributed by atoms with Gasteiger partial charge in [0.25, 0.3) is 0 Å². The van der Waals surface area contributed by atoms with E-state index in [1.54, 1.807) is 6.92 Å². The maximum absolute atomic E-state index is 11.4. The molecule has 0 saturated heterocycles. The Morgan fingerprint density at radius 3 is 2.47 bits per heavy atom. The molecule has 0 unspecified atom stereocenters. The molecule has 0 atom stereocenters. The standard InChI is InChI=1S/C16H22O/c1-12(17)14-5-4-6-15(11-14)13-7-9-16(2,3)10-8-13/h4-6,11,13H,7-10H2,1-3H3. The van der Waals surface area contributed by atoms with Crippen LogP contribution < -0.4 is 0 Å². The van der Waals surface area contributed by atoms with E-state index in [1.165, 1.54) is 31.2 Å². The summed E-state index contributed by atoms with van der Waals surface area (Å²) >= 11 is 0. The Kier molecular flexibility index (Phi) is 3.37. The second-order valence-electron chi connectivity index (χ2n) is 6.12. The lowest BCUT2D eigenvalue weighted by Gasteiger charge is -2.34. The average molecular weight is 230 g/mol. The van der Waals surface area contributed by atoms with Crippen molar-refractivity contribution in [2.75, 3.05) is 0 Å². The number of carbonyl (C=O) groups excluding carboxylic acids is 1. The maximum Gasteiger partial charge on any atom is 0.159 e. The van der Waals surface area contributed by atoms with Crippen LogP contribution in [0.5, 0.6) is 0 Å². The zero-order valence-corrected chi connectivity index (χ0v) is 11.1. The minimum atomic E-state index is 0.169. The first-order chi connectivity index (χ1) is 7.98. The Bertz CT molecular complexity index is 407. The molecule has 1 aromatic carbocycles. The van der Waals surface area contributed by atoms with E-state index >= 15 is 0 Å². The van der Waals surface area contributed by atoms with E-state index < -0.39 is 0 Å². The largest absolute Gasteiger partial charge is 0.295 e. The molecule has 0 radical (unpaired) electrons. The van der Waals surface area contributed by atoms with Crippen molar-refractivity contribution >= 4 is 5.78 Å². The van der Waals surface area contributed by atoms with Gasteiger partial charge in [-0.05, 0) is 55.6 Å². The fourth-order valence-corrected chi connectivity index (χ4v) is 2.74. The molecule has 1 aromatic rings. The van der Waals surface area contributed by atoms with Crippen LogP contribution in [0.25, 0.3) is 0 Å². The van der Waals surface area contributed by atoms with Crippen molar-refractivity contribution in [3.05, 3.63) is 35.4 Å². The molecule has 17 heavy (non-hydrogen) atoms. The van der Waals surface area contributed by atoms with E-state index in [4.69, 9.17) is 0 Å². The van der Waals surface area contributed by atoms with Crippen molar-refractivity contribution in [2.45, 2.75) is 52.4 Å². The fraction of sp³-hybridized carbons (Fsp3) is 0.562. The van der Waals surface area contributed by atoms with Crippen molar-refractivity contribution in [1.82, 2.24) is 0 Å². The molecule has 0 aromatic heterocycles. The van der Waals surface area contributed by atoms with Gasteiger partial charge in [-0.25, -0.2) is 0 Å². The van der Waals surface area contributed by atoms with Gasteiger partial charge in [-0.15, -0.1) is 0 Å². The van der Waals surface area contributed by atoms with E-state index in [1.807, 2.05) is 12.1 Å². The highest BCUT2D eigenvalue weighted by molar-refractivity contribution is 5.94. The average Bonchev–Trinajstić information content (AvgIpc) is 2.29. The van der Waals surface area contributed by atoms with Gasteiger partial charge in [0.15, 0.2) is 5.78 Å². The predicted molar refractivity (Wildman–Crippen MR) is 71.4 cm³/mol. The van der Waals surface area contributed by atoms with E-state index in [0.717, 1.165) is 5.56 Å². The number of ketones is 1. The number of carbonyl (C=O) groups is 1. The second kappa shape index (κ2) is 4.64. The van der Waals surface area contributed by atoms with E-state index in [-0.39, 0.29) is 5.78 Å². The normalized spacial score (nSPS) is 20.2. The van der Waals surface area contributed by atoms with E-state index in [2.05, 4.69) is 26.0 Å². The van der Waals surface area contributed by atoms with Gasteiger partial charge in [-0.2, -0.15) is 0 Å². The van der Waals surface area contributed by atoms with Crippen LogP contribution in [-0.4, -0.2) is 5.78 Å². The summed E-state index contributed by atoms with van der Waals surface area (Å²) in [4.78, 5) is 11.4. The molecule has 1 aliphatic rings. The first kappa shape index (κ1) is 12.3. The van der Waals surface area contributed by atoms with Crippen molar-refractivity contribution in [3.63, 3.8) is 0 Å². The molecule has 1 saturated carbocycles. The third kappa shape index (κ3) is 2.96. The summed E-state index contributed by atoms with van der Waals surface area (Å²) in [6, 6.07) is 8.20. The van der Waals surface area contributed by atoms with Crippen LogP contribution in [0, 0.1) is 5.41 Å². The first-order valence-electron chi connectivity index (χ1n) is 6.59. The third-order valence-electron chi connectivity index (χ3n) is 4.10. The van der Waals surface area contributed by atoms with Gasteiger partial charge in [0.2, 0.25) is 0 Å². The van der Waals surface area contributed by atoms with Crippen LogP contribution in [0.1, 0.15) is 68.3 Å². The molecular formula is C16H22O. The lowest BCUT2D eigenvalue weighted by molar-refractivity contribution is 0.101. The van der Waals surface area contributed by atoms with E-state index in [9.17, 15) is 4.79 Å². The quantitative estimate of drug-likeness (QED) is 0.680. The van der Waals surface area contributed by atoms with Gasteiger partial charge in [-0.3, -0.25) is 4.79 Å². The van der Waals surface area contributed by atoms with Crippen LogP contribution >= 0.6 is 0 Å². The monoisotopic (exact) mass is 230 g/mol. The van der Waals surface area contributed by atoms with Crippen molar-refractivity contribution in [2.24, 2.45) is 5.41 Å². The minimum Gasteiger partial charge on any atom is -0.295 e. The van der Waals surface area contributed by atoms with Gasteiger partial charge >= 0.3 is 0 Å². The fourth-order valence-electron chi connectivity index (χ4n) is 2.74. The smallest absolute Gasteiger partial charge is 0.159 e. The Labute approximate surface area is 104 Å². The number of hydrogen-bond acceptors (Lipinski definition) is 1. The highest BCUT2D eigenvalue weighted by Gasteiger charge is 2.27. The number of hydrogen-bond donors (Lipinski definition) is 0. The summed E-state index contributed by atoms with van der Waals surface area (Å²) < 4.78 is 0. The lowest BCUT2D eigenvalue weighted by atomic mass is 9.71. The van der Waals surface area contributed by atoms with Crippen LogP contribution in [0.2, 0.25) is 0 Å². The van der Waals surface area contributed by atoms with Gasteiger partial charge in [0.05, 0.1) is 0 Å². The van der Waals surface area contributed by atoms with Crippen LogP contribution in [-0.2, 0) is 0 Å². The van der Waals surface area contributed by atoms with Gasteiger partial charge in [0.1, 0.15) is 0 Å². The number of benzene rings is 1. The molecule has 0 amide bonds. The Morgan fingerprint density at radius 2 is 1.88 bits per heavy atom. The van der Waals surface area contributed by atoms with Crippen molar-refractivity contribution < 1.29 is 4.79 Å². The molecule has 0 spiro atoms. The number of Topliss-reactive ketones (excluding diaryl/α,β-unsaturated/α-hetero) is 1. The molecule has 92 valence electrons. The molecule has 0 bridgehead atoms. The first-order valence-corrected chi connectivity index (χ1v) is 6.59. The highest BCUT2D eigenvalue weighted by atomic mass is 16.1. The van der Waals surface area contributed by atoms with Gasteiger partial charge in [-0.1, -0.05) is 32.0 Å². The summed E-state index contributed by atoms with van der Waals surface area (Å²) in [7, 11) is 0. The van der Waals surface area contributed by atoms with Crippen molar-refractivity contribution in [3.8, 4) is 0 Å². The molecule has 1 nitrogen and oxygen atoms in total. The van der Waals surface area contributed by atoms with Crippen LogP contribution in [0.4, 0.5) is 0 Å². The van der Waals surface area contributed by atoms with Gasteiger partial charge in [0, 0.05) is 5.56 Å². The Balaban J connectivity index is 2.13. The van der Waals surface area contributed by atoms with Crippen molar-refractivity contribution in [1.29, 1.82) is 0 Å². The molecule has 1 heteroatoms. The zero-order valence-electron chi connectivity index (χ0n) is 11.1. The summed E-state index contributed by atoms with van der Waals surface area (Å²) in [6.45, 7) is 6.35. The topological polar surface area (TPSA) is 17.1 Å². The van der Waals surface area contributed by atoms with Gasteiger partial charge < -0.3 is 0 Å². The molecule has 0 heterocycles. The molecule has 0 N–H and O–H groups in total. The summed E-state index contributed by atoms with van der Waals surface area (Å²) in [6.07, 6.45) is 5.10. The molecule has 2 rings (SSSR count). The second-order valence-corrected chi connectivity index (χ2v) is 6.12. The molecule has 1 aliphatic carbocycles. The molecule has 0 aliphatic heterocycles. The predicted octanol–water partition coefficient (Wildman–Crippen LogP) is 4.57. The highest BCUT2D eigenvalue weighted by Crippen LogP contribution is 2.42. The van der Waals surface area contributed by atoms with Crippen LogP contribution in [0.3, 0.4) is 0 Å². The summed E-state index contributed by atoms with van der Waals surface area (Å²) in [5.41, 5.74) is 2.72. The minimum absolute atomic E-state index is 0.169. The third-order valence-corrected chi connectivity index (χ3v) is 4.10. The maximum atomic E-state index is 11.4. The lowest BCUT2D eigenvalue weighted by Crippen LogP contribution is -2.20. The SMILES string of the molecule is CC(=O)c1cccc(C2CCC(C)(C)CC2)c1.